The number of aromatic nitrogens is 1. The van der Waals surface area contributed by atoms with E-state index in [1.54, 1.807) is 18.2 Å². The van der Waals surface area contributed by atoms with E-state index in [-0.39, 0.29) is 16.4 Å². The van der Waals surface area contributed by atoms with Crippen molar-refractivity contribution >= 4 is 58.4 Å². The van der Waals surface area contributed by atoms with Gasteiger partial charge in [0.1, 0.15) is 5.57 Å². The zero-order valence-electron chi connectivity index (χ0n) is 22.8. The third kappa shape index (κ3) is 5.44. The molecule has 1 saturated heterocycles. The van der Waals surface area contributed by atoms with Gasteiger partial charge < -0.3 is 4.57 Å². The van der Waals surface area contributed by atoms with Crippen molar-refractivity contribution in [2.45, 2.75) is 37.5 Å². The predicted octanol–water partition coefficient (Wildman–Crippen LogP) is 6.60. The first-order chi connectivity index (χ1) is 19.5. The average Bonchev–Trinajstić information content (AvgIpc) is 3.22. The first-order valence-electron chi connectivity index (χ1n) is 12.7. The Balaban J connectivity index is 1.42. The Hall–Kier alpha value is -4.54. The summed E-state index contributed by atoms with van der Waals surface area (Å²) in [7, 11) is 0. The topological polar surface area (TPSA) is 97.5 Å². The van der Waals surface area contributed by atoms with Crippen molar-refractivity contribution < 1.29 is 14.5 Å². The molecule has 2 amide bonds. The van der Waals surface area contributed by atoms with Crippen LogP contribution in [0.1, 0.15) is 28.1 Å². The Morgan fingerprint density at radius 1 is 0.927 bits per heavy atom. The van der Waals surface area contributed by atoms with Crippen LogP contribution in [0.4, 0.5) is 11.4 Å². The highest BCUT2D eigenvalue weighted by molar-refractivity contribution is 7.99. The number of non-ortho nitro benzene ring substituents is 1. The van der Waals surface area contributed by atoms with Crippen LogP contribution >= 0.6 is 24.0 Å². The van der Waals surface area contributed by atoms with Crippen LogP contribution in [0.15, 0.2) is 88.2 Å². The predicted molar refractivity (Wildman–Crippen MR) is 165 cm³/mol. The van der Waals surface area contributed by atoms with Gasteiger partial charge >= 0.3 is 0 Å². The van der Waals surface area contributed by atoms with Crippen LogP contribution in [0, 0.1) is 37.8 Å². The SMILES string of the molecule is Cc1cccc(N2C(=O)/C(=C/c3cc(C)n(-c4ccc(Sc5ccc([N+](=O)[O-])cc5)cc4)c3C)C(=O)NC2=S)c1C. The third-order valence-electron chi connectivity index (χ3n) is 7.07. The summed E-state index contributed by atoms with van der Waals surface area (Å²) in [5.74, 6) is -0.996. The molecule has 0 saturated carbocycles. The number of amides is 2. The van der Waals surface area contributed by atoms with Crippen LogP contribution in [-0.2, 0) is 9.59 Å². The fraction of sp³-hybridized carbons (Fsp3) is 0.129. The van der Waals surface area contributed by atoms with Gasteiger partial charge in [0, 0.05) is 39.0 Å². The number of hydrogen-bond acceptors (Lipinski definition) is 6. The molecule has 10 heteroatoms. The van der Waals surface area contributed by atoms with Gasteiger partial charge in [0.05, 0.1) is 10.6 Å². The quantitative estimate of drug-likeness (QED) is 0.0904. The minimum absolute atomic E-state index is 0.00889. The van der Waals surface area contributed by atoms with Gasteiger partial charge in [-0.25, -0.2) is 0 Å². The van der Waals surface area contributed by atoms with Crippen molar-refractivity contribution in [3.63, 3.8) is 0 Å². The van der Waals surface area contributed by atoms with E-state index in [2.05, 4.69) is 9.88 Å². The van der Waals surface area contributed by atoms with Crippen molar-refractivity contribution in [2.75, 3.05) is 4.90 Å². The van der Waals surface area contributed by atoms with Crippen LogP contribution in [-0.4, -0.2) is 26.4 Å². The van der Waals surface area contributed by atoms with E-state index in [0.717, 1.165) is 43.6 Å². The summed E-state index contributed by atoms with van der Waals surface area (Å²) < 4.78 is 2.06. The number of nitro benzene ring substituents is 1. The number of thiocarbonyl (C=S) groups is 1. The number of carbonyl (C=O) groups is 2. The lowest BCUT2D eigenvalue weighted by Crippen LogP contribution is -2.54. The Morgan fingerprint density at radius 2 is 1.56 bits per heavy atom. The molecule has 41 heavy (non-hydrogen) atoms. The number of nitrogens with one attached hydrogen (secondary N) is 1. The minimum atomic E-state index is -0.529. The van der Waals surface area contributed by atoms with Gasteiger partial charge in [-0.1, -0.05) is 23.9 Å². The molecule has 0 bridgehead atoms. The lowest BCUT2D eigenvalue weighted by atomic mass is 10.0. The van der Waals surface area contributed by atoms with Crippen molar-refractivity contribution in [3.05, 3.63) is 117 Å². The Kier molecular flexibility index (Phi) is 7.61. The van der Waals surface area contributed by atoms with Gasteiger partial charge in [0.25, 0.3) is 17.5 Å². The fourth-order valence-electron chi connectivity index (χ4n) is 4.78. The van der Waals surface area contributed by atoms with Crippen LogP contribution < -0.4 is 10.2 Å². The molecule has 3 aromatic carbocycles. The van der Waals surface area contributed by atoms with Crippen LogP contribution in [0.25, 0.3) is 11.8 Å². The number of aryl methyl sites for hydroxylation is 2. The number of anilines is 1. The molecule has 1 aliphatic heterocycles. The molecule has 0 atom stereocenters. The summed E-state index contributed by atoms with van der Waals surface area (Å²) >= 11 is 6.89. The van der Waals surface area contributed by atoms with E-state index < -0.39 is 16.7 Å². The van der Waals surface area contributed by atoms with Crippen molar-refractivity contribution in [1.82, 2.24) is 9.88 Å². The maximum absolute atomic E-state index is 13.6. The highest BCUT2D eigenvalue weighted by Gasteiger charge is 2.35. The van der Waals surface area contributed by atoms with E-state index >= 15 is 0 Å². The Bertz CT molecular complexity index is 1760. The summed E-state index contributed by atoms with van der Waals surface area (Å²) in [4.78, 5) is 40.2. The molecule has 1 N–H and O–H groups in total. The number of nitrogens with zero attached hydrogens (tertiary/aromatic N) is 3. The second-order valence-corrected chi connectivity index (χ2v) is 11.2. The van der Waals surface area contributed by atoms with Gasteiger partial charge in [0.2, 0.25) is 0 Å². The lowest BCUT2D eigenvalue weighted by Gasteiger charge is -2.30. The first-order valence-corrected chi connectivity index (χ1v) is 14.0. The highest BCUT2D eigenvalue weighted by atomic mass is 32.2. The van der Waals surface area contributed by atoms with Gasteiger partial charge in [-0.2, -0.15) is 0 Å². The van der Waals surface area contributed by atoms with Crippen molar-refractivity contribution in [1.29, 1.82) is 0 Å². The normalized spacial score (nSPS) is 14.5. The molecular weight excluding hydrogens is 556 g/mol. The summed E-state index contributed by atoms with van der Waals surface area (Å²) in [5, 5.41) is 13.6. The second kappa shape index (κ2) is 11.1. The number of carbonyl (C=O) groups excluding carboxylic acids is 2. The van der Waals surface area contributed by atoms with Gasteiger partial charge in [-0.05, 0) is 111 Å². The van der Waals surface area contributed by atoms with E-state index in [0.29, 0.717) is 5.69 Å². The maximum atomic E-state index is 13.6. The first kappa shape index (κ1) is 28.0. The largest absolute Gasteiger partial charge is 0.318 e. The molecule has 2 heterocycles. The number of hydrogen-bond donors (Lipinski definition) is 1. The highest BCUT2D eigenvalue weighted by Crippen LogP contribution is 2.32. The van der Waals surface area contributed by atoms with Crippen molar-refractivity contribution in [3.8, 4) is 5.69 Å². The molecule has 0 radical (unpaired) electrons. The summed E-state index contributed by atoms with van der Waals surface area (Å²) in [6.07, 6.45) is 1.62. The molecular formula is C31H26N4O4S2. The van der Waals surface area contributed by atoms with Crippen LogP contribution in [0.3, 0.4) is 0 Å². The second-order valence-electron chi connectivity index (χ2n) is 9.69. The van der Waals surface area contributed by atoms with Crippen LogP contribution in [0.2, 0.25) is 0 Å². The van der Waals surface area contributed by atoms with E-state index in [1.165, 1.54) is 28.8 Å². The molecule has 8 nitrogen and oxygen atoms in total. The van der Waals surface area contributed by atoms with Crippen molar-refractivity contribution in [2.24, 2.45) is 0 Å². The average molecular weight is 583 g/mol. The summed E-state index contributed by atoms with van der Waals surface area (Å²) in [5.41, 5.74) is 6.12. The van der Waals surface area contributed by atoms with E-state index in [1.807, 2.05) is 76.2 Å². The molecule has 1 aromatic heterocycles. The maximum Gasteiger partial charge on any atom is 0.270 e. The zero-order chi connectivity index (χ0) is 29.4. The Morgan fingerprint density at radius 3 is 2.20 bits per heavy atom. The molecule has 4 aromatic rings. The summed E-state index contributed by atoms with van der Waals surface area (Å²) in [6, 6.07) is 22.0. The number of nitro groups is 1. The monoisotopic (exact) mass is 582 g/mol. The molecule has 206 valence electrons. The molecule has 5 rings (SSSR count). The van der Waals surface area contributed by atoms with E-state index in [9.17, 15) is 19.7 Å². The smallest absolute Gasteiger partial charge is 0.270 e. The summed E-state index contributed by atoms with van der Waals surface area (Å²) in [6.45, 7) is 7.79. The zero-order valence-corrected chi connectivity index (χ0v) is 24.4. The van der Waals surface area contributed by atoms with Gasteiger partial charge in [-0.15, -0.1) is 0 Å². The number of rotatable bonds is 6. The number of benzene rings is 3. The van der Waals surface area contributed by atoms with Gasteiger partial charge in [0.15, 0.2) is 5.11 Å². The van der Waals surface area contributed by atoms with Gasteiger partial charge in [-0.3, -0.25) is 29.9 Å². The van der Waals surface area contributed by atoms with Crippen LogP contribution in [0.5, 0.6) is 0 Å². The fourth-order valence-corrected chi connectivity index (χ4v) is 5.87. The molecule has 0 aliphatic carbocycles. The molecule has 0 unspecified atom stereocenters. The molecule has 1 fully saturated rings. The third-order valence-corrected chi connectivity index (χ3v) is 8.37. The molecule has 0 spiro atoms. The molecule has 1 aliphatic rings. The minimum Gasteiger partial charge on any atom is -0.318 e. The standard InChI is InChI=1S/C31H26N4O4S2/c1-18-6-5-7-28(20(18)3)34-30(37)27(29(36)32-31(34)40)17-22-16-19(2)33(21(22)4)23-8-12-25(13-9-23)41-26-14-10-24(11-15-26)35(38)39/h5-17H,1-4H3,(H,32,36,40)/b27-17+. The van der Waals surface area contributed by atoms with E-state index in [4.69, 9.17) is 12.2 Å². The Labute approximate surface area is 246 Å². The lowest BCUT2D eigenvalue weighted by molar-refractivity contribution is -0.384.